The van der Waals surface area contributed by atoms with E-state index in [1.54, 1.807) is 12.3 Å². The Bertz CT molecular complexity index is 714. The summed E-state index contributed by atoms with van der Waals surface area (Å²) in [6, 6.07) is 3.85. The van der Waals surface area contributed by atoms with Crippen LogP contribution in [0.4, 0.5) is 13.9 Å². The molecule has 1 fully saturated rings. The number of rotatable bonds is 6. The zero-order valence-electron chi connectivity index (χ0n) is 13.1. The highest BCUT2D eigenvalue weighted by Gasteiger charge is 2.16. The summed E-state index contributed by atoms with van der Waals surface area (Å²) in [5.41, 5.74) is 0.671. The molecule has 1 aromatic heterocycles. The fourth-order valence-electron chi connectivity index (χ4n) is 2.78. The fraction of sp³-hybridized carbons (Fsp3) is 0.412. The molecular formula is C17H19F2N3OS. The molecule has 7 heteroatoms. The highest BCUT2D eigenvalue weighted by atomic mass is 32.1. The van der Waals surface area contributed by atoms with Gasteiger partial charge in [0.2, 0.25) is 5.91 Å². The molecule has 0 saturated carbocycles. The van der Waals surface area contributed by atoms with Gasteiger partial charge in [0.05, 0.1) is 0 Å². The second kappa shape index (κ2) is 7.81. The molecule has 0 spiro atoms. The number of carbonyl (C=O) groups is 1. The van der Waals surface area contributed by atoms with E-state index in [9.17, 15) is 13.6 Å². The molecule has 24 heavy (non-hydrogen) atoms. The number of aromatic nitrogens is 1. The average molecular weight is 351 g/mol. The van der Waals surface area contributed by atoms with Crippen LogP contribution in [0.1, 0.15) is 29.7 Å². The van der Waals surface area contributed by atoms with Gasteiger partial charge < -0.3 is 10.6 Å². The van der Waals surface area contributed by atoms with Crippen LogP contribution in [-0.2, 0) is 11.2 Å². The van der Waals surface area contributed by atoms with Crippen LogP contribution in [0.5, 0.6) is 0 Å². The molecule has 1 amide bonds. The number of anilines is 1. The van der Waals surface area contributed by atoms with Crippen LogP contribution in [-0.4, -0.2) is 24.0 Å². The maximum Gasteiger partial charge on any atom is 0.226 e. The normalized spacial score (nSPS) is 17.2. The number of carbonyl (C=O) groups excluding carboxylic acids is 1. The number of benzene rings is 1. The standard InChI is InChI=1S/C17H19F2N3OS/c18-14-3-1-12(8-15(14)19)7-13-10-21-17(24-13)22-16(23)4-2-11-5-6-20-9-11/h1,3,8,10-11,20H,2,4-7,9H2,(H,21,22,23). The second-order valence-corrected chi connectivity index (χ2v) is 7.12. The van der Waals surface area contributed by atoms with Gasteiger partial charge in [0.15, 0.2) is 16.8 Å². The lowest BCUT2D eigenvalue weighted by Crippen LogP contribution is -2.14. The zero-order chi connectivity index (χ0) is 16.9. The molecular weight excluding hydrogens is 332 g/mol. The first-order valence-electron chi connectivity index (χ1n) is 7.99. The smallest absolute Gasteiger partial charge is 0.226 e. The van der Waals surface area contributed by atoms with Crippen LogP contribution in [0.15, 0.2) is 24.4 Å². The zero-order valence-corrected chi connectivity index (χ0v) is 14.0. The molecule has 0 aliphatic carbocycles. The summed E-state index contributed by atoms with van der Waals surface area (Å²) < 4.78 is 26.2. The van der Waals surface area contributed by atoms with Crippen LogP contribution in [0.2, 0.25) is 0 Å². The Morgan fingerprint density at radius 2 is 2.25 bits per heavy atom. The van der Waals surface area contributed by atoms with E-state index in [1.807, 2.05) is 0 Å². The predicted octanol–water partition coefficient (Wildman–Crippen LogP) is 3.34. The maximum atomic E-state index is 13.2. The van der Waals surface area contributed by atoms with Crippen LogP contribution in [0.3, 0.4) is 0 Å². The van der Waals surface area contributed by atoms with Gasteiger partial charge in [0.25, 0.3) is 0 Å². The summed E-state index contributed by atoms with van der Waals surface area (Å²) in [6.45, 7) is 2.02. The lowest BCUT2D eigenvalue weighted by atomic mass is 10.0. The lowest BCUT2D eigenvalue weighted by Gasteiger charge is -2.06. The molecule has 1 atom stereocenters. The number of amides is 1. The highest BCUT2D eigenvalue weighted by Crippen LogP contribution is 2.23. The van der Waals surface area contributed by atoms with E-state index in [-0.39, 0.29) is 5.91 Å². The Labute approximate surface area is 143 Å². The van der Waals surface area contributed by atoms with E-state index in [2.05, 4.69) is 15.6 Å². The molecule has 1 aromatic carbocycles. The minimum atomic E-state index is -0.855. The van der Waals surface area contributed by atoms with Gasteiger partial charge in [-0.15, -0.1) is 11.3 Å². The van der Waals surface area contributed by atoms with E-state index in [0.29, 0.717) is 29.5 Å². The Morgan fingerprint density at radius 1 is 1.38 bits per heavy atom. The van der Waals surface area contributed by atoms with Gasteiger partial charge in [-0.05, 0) is 49.5 Å². The number of thiazole rings is 1. The Balaban J connectivity index is 1.51. The fourth-order valence-corrected chi connectivity index (χ4v) is 3.64. The van der Waals surface area contributed by atoms with Gasteiger partial charge in [-0.3, -0.25) is 4.79 Å². The SMILES string of the molecule is O=C(CCC1CCNC1)Nc1ncc(Cc2ccc(F)c(F)c2)s1. The van der Waals surface area contributed by atoms with Crippen molar-refractivity contribution in [3.8, 4) is 0 Å². The molecule has 2 N–H and O–H groups in total. The third kappa shape index (κ3) is 4.58. The van der Waals surface area contributed by atoms with Crippen LogP contribution < -0.4 is 10.6 Å². The van der Waals surface area contributed by atoms with Gasteiger partial charge >= 0.3 is 0 Å². The van der Waals surface area contributed by atoms with Gasteiger partial charge in [-0.1, -0.05) is 6.07 Å². The predicted molar refractivity (Wildman–Crippen MR) is 90.1 cm³/mol. The van der Waals surface area contributed by atoms with E-state index >= 15 is 0 Å². The van der Waals surface area contributed by atoms with Crippen LogP contribution >= 0.6 is 11.3 Å². The minimum absolute atomic E-state index is 0.0318. The highest BCUT2D eigenvalue weighted by molar-refractivity contribution is 7.15. The molecule has 1 aliphatic rings. The number of halogens is 2. The van der Waals surface area contributed by atoms with Gasteiger partial charge in [0, 0.05) is 23.9 Å². The second-order valence-electron chi connectivity index (χ2n) is 6.00. The monoisotopic (exact) mass is 351 g/mol. The third-order valence-corrected chi connectivity index (χ3v) is 5.02. The van der Waals surface area contributed by atoms with Crippen molar-refractivity contribution in [2.45, 2.75) is 25.7 Å². The number of nitrogens with one attached hydrogen (secondary N) is 2. The van der Waals surface area contributed by atoms with Crippen molar-refractivity contribution < 1.29 is 13.6 Å². The maximum absolute atomic E-state index is 13.2. The summed E-state index contributed by atoms with van der Waals surface area (Å²) in [7, 11) is 0. The van der Waals surface area contributed by atoms with E-state index in [0.717, 1.165) is 36.9 Å². The summed E-state index contributed by atoms with van der Waals surface area (Å²) in [5.74, 6) is -1.16. The number of nitrogens with zero attached hydrogens (tertiary/aromatic N) is 1. The Morgan fingerprint density at radius 3 is 3.00 bits per heavy atom. The molecule has 0 bridgehead atoms. The van der Waals surface area contributed by atoms with Gasteiger partial charge in [-0.25, -0.2) is 13.8 Å². The molecule has 1 unspecified atom stereocenters. The van der Waals surface area contributed by atoms with Gasteiger partial charge in [-0.2, -0.15) is 0 Å². The third-order valence-electron chi connectivity index (χ3n) is 4.10. The first-order valence-corrected chi connectivity index (χ1v) is 8.81. The molecule has 2 heterocycles. The first-order chi connectivity index (χ1) is 11.6. The van der Waals surface area contributed by atoms with E-state index in [1.165, 1.54) is 17.4 Å². The summed E-state index contributed by atoms with van der Waals surface area (Å²) in [6.07, 6.45) is 4.61. The summed E-state index contributed by atoms with van der Waals surface area (Å²) in [4.78, 5) is 17.0. The summed E-state index contributed by atoms with van der Waals surface area (Å²) in [5, 5.41) is 6.64. The molecule has 0 radical (unpaired) electrons. The van der Waals surface area contributed by atoms with Crippen molar-refractivity contribution >= 4 is 22.4 Å². The molecule has 4 nitrogen and oxygen atoms in total. The molecule has 1 saturated heterocycles. The van der Waals surface area contributed by atoms with Crippen molar-refractivity contribution in [3.05, 3.63) is 46.5 Å². The van der Waals surface area contributed by atoms with E-state index < -0.39 is 11.6 Å². The molecule has 3 rings (SSSR count). The minimum Gasteiger partial charge on any atom is -0.316 e. The Hall–Kier alpha value is -1.86. The molecule has 2 aromatic rings. The topological polar surface area (TPSA) is 54.0 Å². The number of hydrogen-bond donors (Lipinski definition) is 2. The number of hydrogen-bond acceptors (Lipinski definition) is 4. The largest absolute Gasteiger partial charge is 0.316 e. The van der Waals surface area contributed by atoms with Crippen molar-refractivity contribution in [2.75, 3.05) is 18.4 Å². The Kier molecular flexibility index (Phi) is 5.52. The van der Waals surface area contributed by atoms with Crippen molar-refractivity contribution in [1.29, 1.82) is 0 Å². The first kappa shape index (κ1) is 17.0. The average Bonchev–Trinajstić information content (AvgIpc) is 3.21. The van der Waals surface area contributed by atoms with Crippen molar-refractivity contribution in [2.24, 2.45) is 5.92 Å². The van der Waals surface area contributed by atoms with Crippen LogP contribution in [0.25, 0.3) is 0 Å². The lowest BCUT2D eigenvalue weighted by molar-refractivity contribution is -0.116. The molecule has 1 aliphatic heterocycles. The molecule has 128 valence electrons. The van der Waals surface area contributed by atoms with Crippen molar-refractivity contribution in [1.82, 2.24) is 10.3 Å². The van der Waals surface area contributed by atoms with E-state index in [4.69, 9.17) is 0 Å². The summed E-state index contributed by atoms with van der Waals surface area (Å²) >= 11 is 1.35. The van der Waals surface area contributed by atoms with Gasteiger partial charge in [0.1, 0.15) is 0 Å². The van der Waals surface area contributed by atoms with Crippen LogP contribution in [0, 0.1) is 17.6 Å². The van der Waals surface area contributed by atoms with Crippen molar-refractivity contribution in [3.63, 3.8) is 0 Å². The quantitative estimate of drug-likeness (QED) is 0.839.